The molecule has 8 heteroatoms. The number of benzene rings is 1. The average Bonchev–Trinajstić information content (AvgIpc) is 2.95. The van der Waals surface area contributed by atoms with Gasteiger partial charge in [0, 0.05) is 45.6 Å². The molecule has 1 atom stereocenters. The van der Waals surface area contributed by atoms with Gasteiger partial charge in [-0.15, -0.1) is 12.4 Å². The van der Waals surface area contributed by atoms with Crippen molar-refractivity contribution in [3.8, 4) is 0 Å². The van der Waals surface area contributed by atoms with E-state index in [1.165, 1.54) is 12.1 Å². The van der Waals surface area contributed by atoms with Crippen LogP contribution in [0.3, 0.4) is 0 Å². The predicted octanol–water partition coefficient (Wildman–Crippen LogP) is 3.32. The van der Waals surface area contributed by atoms with Gasteiger partial charge in [0.2, 0.25) is 0 Å². The topological polar surface area (TPSA) is 33.1 Å². The van der Waals surface area contributed by atoms with Gasteiger partial charge < -0.3 is 9.88 Å². The Labute approximate surface area is 151 Å². The summed E-state index contributed by atoms with van der Waals surface area (Å²) in [4.78, 5) is 6.70. The first kappa shape index (κ1) is 19.8. The number of halogens is 4. The maximum absolute atomic E-state index is 12.8. The summed E-state index contributed by atoms with van der Waals surface area (Å²) >= 11 is 0. The molecule has 1 N–H and O–H groups in total. The lowest BCUT2D eigenvalue weighted by atomic mass is 10.0. The van der Waals surface area contributed by atoms with Crippen molar-refractivity contribution in [1.29, 1.82) is 0 Å². The van der Waals surface area contributed by atoms with Crippen LogP contribution in [0.25, 0.3) is 0 Å². The lowest BCUT2D eigenvalue weighted by Gasteiger charge is -2.36. The summed E-state index contributed by atoms with van der Waals surface area (Å²) in [5.74, 6) is 0.965. The highest BCUT2D eigenvalue weighted by atomic mass is 35.5. The van der Waals surface area contributed by atoms with Crippen LogP contribution in [-0.4, -0.2) is 34.1 Å². The van der Waals surface area contributed by atoms with Crippen LogP contribution in [0.1, 0.15) is 28.6 Å². The monoisotopic (exact) mass is 374 g/mol. The minimum absolute atomic E-state index is 0. The molecule has 1 unspecified atom stereocenters. The van der Waals surface area contributed by atoms with E-state index < -0.39 is 11.7 Å². The Balaban J connectivity index is 0.00000225. The van der Waals surface area contributed by atoms with Crippen molar-refractivity contribution in [2.75, 3.05) is 19.6 Å². The first-order valence-electron chi connectivity index (χ1n) is 7.95. The Kier molecular flexibility index (Phi) is 6.13. The van der Waals surface area contributed by atoms with Gasteiger partial charge in [0.15, 0.2) is 0 Å². The van der Waals surface area contributed by atoms with Gasteiger partial charge in [0.05, 0.1) is 11.6 Å². The molecule has 0 amide bonds. The molecule has 4 nitrogen and oxygen atoms in total. The third-order valence-corrected chi connectivity index (χ3v) is 4.55. The van der Waals surface area contributed by atoms with Crippen LogP contribution in [0.2, 0.25) is 0 Å². The van der Waals surface area contributed by atoms with E-state index in [0.717, 1.165) is 31.0 Å². The zero-order valence-electron chi connectivity index (χ0n) is 14.2. The van der Waals surface area contributed by atoms with Crippen LogP contribution in [0.5, 0.6) is 0 Å². The lowest BCUT2D eigenvalue weighted by molar-refractivity contribution is -0.137. The number of aromatic nitrogens is 2. The molecule has 0 spiro atoms. The maximum Gasteiger partial charge on any atom is 0.416 e. The molecule has 138 valence electrons. The van der Waals surface area contributed by atoms with Gasteiger partial charge in [-0.1, -0.05) is 6.07 Å². The number of aryl methyl sites for hydroxylation is 2. The van der Waals surface area contributed by atoms with Crippen LogP contribution >= 0.6 is 12.4 Å². The first-order chi connectivity index (χ1) is 11.4. The molecule has 0 saturated carbocycles. The van der Waals surface area contributed by atoms with Crippen molar-refractivity contribution in [2.24, 2.45) is 7.05 Å². The second-order valence-electron chi connectivity index (χ2n) is 6.23. The summed E-state index contributed by atoms with van der Waals surface area (Å²) in [5.41, 5.74) is 0.996. The lowest BCUT2D eigenvalue weighted by Crippen LogP contribution is -2.46. The molecule has 3 rings (SSSR count). The molecule has 0 aliphatic carbocycles. The summed E-state index contributed by atoms with van der Waals surface area (Å²) in [6.45, 7) is 4.83. The Morgan fingerprint density at radius 2 is 2.08 bits per heavy atom. The maximum atomic E-state index is 12.8. The highest BCUT2D eigenvalue weighted by molar-refractivity contribution is 5.85. The molecule has 2 aromatic rings. The number of nitrogens with zero attached hydrogens (tertiary/aromatic N) is 3. The van der Waals surface area contributed by atoms with Crippen LogP contribution in [-0.2, 0) is 19.8 Å². The third kappa shape index (κ3) is 4.34. The van der Waals surface area contributed by atoms with Crippen molar-refractivity contribution in [3.05, 3.63) is 53.1 Å². The molecule has 25 heavy (non-hydrogen) atoms. The minimum Gasteiger partial charge on any atom is -0.337 e. The van der Waals surface area contributed by atoms with Crippen molar-refractivity contribution in [1.82, 2.24) is 19.8 Å². The van der Waals surface area contributed by atoms with E-state index in [-0.39, 0.29) is 18.4 Å². The van der Waals surface area contributed by atoms with Gasteiger partial charge in [-0.3, -0.25) is 4.90 Å². The minimum atomic E-state index is -4.30. The molecule has 1 aliphatic rings. The summed E-state index contributed by atoms with van der Waals surface area (Å²) in [7, 11) is 1.96. The van der Waals surface area contributed by atoms with Crippen LogP contribution in [0.15, 0.2) is 30.6 Å². The number of piperazine rings is 1. The Morgan fingerprint density at radius 3 is 2.68 bits per heavy atom. The molecule has 1 aromatic heterocycles. The Morgan fingerprint density at radius 1 is 1.32 bits per heavy atom. The predicted molar refractivity (Wildman–Crippen MR) is 92.7 cm³/mol. The second kappa shape index (κ2) is 7.76. The van der Waals surface area contributed by atoms with Crippen molar-refractivity contribution >= 4 is 12.4 Å². The van der Waals surface area contributed by atoms with E-state index in [1.807, 2.05) is 17.8 Å². The zero-order chi connectivity index (χ0) is 17.3. The number of imidazole rings is 1. The van der Waals surface area contributed by atoms with Crippen molar-refractivity contribution in [3.63, 3.8) is 0 Å². The zero-order valence-corrected chi connectivity index (χ0v) is 15.0. The number of alkyl halides is 3. The van der Waals surface area contributed by atoms with E-state index >= 15 is 0 Å². The molecule has 1 saturated heterocycles. The molecule has 1 aromatic carbocycles. The molecular weight excluding hydrogens is 353 g/mol. The fourth-order valence-corrected chi connectivity index (χ4v) is 3.16. The summed E-state index contributed by atoms with van der Waals surface area (Å²) in [6.07, 6.45) is -0.620. The van der Waals surface area contributed by atoms with E-state index in [0.29, 0.717) is 12.1 Å². The van der Waals surface area contributed by atoms with Gasteiger partial charge in [-0.05, 0) is 30.2 Å². The van der Waals surface area contributed by atoms with Gasteiger partial charge in [-0.2, -0.15) is 13.2 Å². The number of nitrogens with one attached hydrogen (secondary N) is 1. The fraction of sp³-hybridized carbons (Fsp3) is 0.471. The molecular formula is C17H22ClF3N4. The van der Waals surface area contributed by atoms with Gasteiger partial charge in [0.25, 0.3) is 0 Å². The fourth-order valence-electron chi connectivity index (χ4n) is 3.16. The summed E-state index contributed by atoms with van der Waals surface area (Å²) < 4.78 is 40.5. The highest BCUT2D eigenvalue weighted by Gasteiger charge is 2.31. The summed E-state index contributed by atoms with van der Waals surface area (Å²) in [5, 5.41) is 3.37. The van der Waals surface area contributed by atoms with Crippen LogP contribution in [0.4, 0.5) is 13.2 Å². The molecule has 0 bridgehead atoms. The van der Waals surface area contributed by atoms with Crippen molar-refractivity contribution in [2.45, 2.75) is 25.7 Å². The van der Waals surface area contributed by atoms with E-state index in [9.17, 15) is 13.2 Å². The first-order valence-corrected chi connectivity index (χ1v) is 7.95. The second-order valence-corrected chi connectivity index (χ2v) is 6.23. The number of hydrogen-bond acceptors (Lipinski definition) is 3. The average molecular weight is 375 g/mol. The van der Waals surface area contributed by atoms with E-state index in [4.69, 9.17) is 0 Å². The standard InChI is InChI=1S/C17H21F3N4.ClH/c1-12-9-14(17(18,19)20)4-3-13(12)11-24-8-5-21-10-15(24)16-22-6-7-23(16)2;/h3-4,6-7,9,15,21H,5,8,10-11H2,1-2H3;1H. The Hall–Kier alpha value is -1.57. The van der Waals surface area contributed by atoms with Gasteiger partial charge >= 0.3 is 6.18 Å². The molecule has 1 fully saturated rings. The largest absolute Gasteiger partial charge is 0.416 e. The SMILES string of the molecule is Cc1cc(C(F)(F)F)ccc1CN1CCNCC1c1nccn1C.Cl. The molecule has 0 radical (unpaired) electrons. The molecule has 1 aliphatic heterocycles. The van der Waals surface area contributed by atoms with Gasteiger partial charge in [-0.25, -0.2) is 4.98 Å². The normalized spacial score (nSPS) is 18.8. The van der Waals surface area contributed by atoms with Gasteiger partial charge in [0.1, 0.15) is 5.82 Å². The quantitative estimate of drug-likeness (QED) is 0.894. The van der Waals surface area contributed by atoms with Crippen LogP contribution < -0.4 is 5.32 Å². The Bertz CT molecular complexity index is 714. The number of hydrogen-bond donors (Lipinski definition) is 1. The third-order valence-electron chi connectivity index (χ3n) is 4.55. The smallest absolute Gasteiger partial charge is 0.337 e. The van der Waals surface area contributed by atoms with Crippen LogP contribution in [0, 0.1) is 6.92 Å². The van der Waals surface area contributed by atoms with E-state index in [2.05, 4.69) is 15.2 Å². The molecule has 2 heterocycles. The summed E-state index contributed by atoms with van der Waals surface area (Å²) in [6, 6.07) is 4.10. The van der Waals surface area contributed by atoms with Crippen molar-refractivity contribution < 1.29 is 13.2 Å². The highest BCUT2D eigenvalue weighted by Crippen LogP contribution is 2.31. The number of rotatable bonds is 3. The van der Waals surface area contributed by atoms with E-state index in [1.54, 1.807) is 19.2 Å².